The summed E-state index contributed by atoms with van der Waals surface area (Å²) < 4.78 is 47.9. The van der Waals surface area contributed by atoms with Crippen LogP contribution in [-0.4, -0.2) is 189 Å². The summed E-state index contributed by atoms with van der Waals surface area (Å²) in [6.07, 6.45) is 11.3. The lowest BCUT2D eigenvalue weighted by Gasteiger charge is -2.26. The highest BCUT2D eigenvalue weighted by molar-refractivity contribution is 5.99. The topological polar surface area (TPSA) is 539 Å². The predicted molar refractivity (Wildman–Crippen MR) is 541 cm³/mol. The second kappa shape index (κ2) is 38.7. The zero-order valence-corrected chi connectivity index (χ0v) is 78.1. The first-order chi connectivity index (χ1) is 67.9. The van der Waals surface area contributed by atoms with Crippen molar-refractivity contribution >= 4 is 159 Å². The molecule has 0 aliphatic carbocycles. The average molecular weight is 1900 g/mol. The number of anilines is 14. The Labute approximate surface area is 807 Å². The normalized spacial score (nSPS) is 15.7. The Morgan fingerprint density at radius 1 is 0.418 bits per heavy atom. The van der Waals surface area contributed by atoms with Crippen LogP contribution in [0.3, 0.4) is 0 Å². The number of nitrogens with two attached hydrogens (primary N) is 8. The van der Waals surface area contributed by atoms with Crippen LogP contribution < -0.4 is 72.5 Å². The van der Waals surface area contributed by atoms with Crippen molar-refractivity contribution in [2.24, 2.45) is 11.5 Å². The standard InChI is InChI=1S/2C26H28N8O2.C25H25FN8O.C24H23FN8O/c2*1-15-19(3-2-4-21(15)27)22-9-16-10-23(29-12-20(16)26(28)30-22)31-24-11-17-5-7-33(18-6-8-36-14-18)25(35)13-34(17)32-24;1-13-6-15(14(2)27)7-19(26)24(13)20-8-16-9-21(29-11-18(16)25(28)30-20)31-22-10-17-4-5-33(3)23(35)12-34(17)32-22;1-12-5-14(13(2)26)6-18(25)23(12)19-7-15-8-20(29-10-17(15)24(27)30-19)31-21-9-16-3-4-28-22(34)11-33(16)32-21/h2*2-4,9-12,18H,5-8,13-14,27H2,1H3,(H2,28,30)(H,29,31,32);6-11H,2,4-5,12,27H2,1,3H3,(H2,28,30)(H,29,31,32);5-10H,2-4,11,26H2,1H3,(H2,27,30)(H,28,34)(H,29,31,32). The van der Waals surface area contributed by atoms with Crippen LogP contribution in [-0.2, 0) is 80.5 Å². The molecular formula is C101H104F2N32O6. The van der Waals surface area contributed by atoms with E-state index in [0.29, 0.717) is 196 Å². The van der Waals surface area contributed by atoms with Gasteiger partial charge in [-0.2, -0.15) is 20.4 Å². The lowest BCUT2D eigenvalue weighted by atomic mass is 9.99. The third kappa shape index (κ3) is 19.6. The molecule has 38 nitrogen and oxygen atoms in total. The third-order valence-electron chi connectivity index (χ3n) is 26.1. The highest BCUT2D eigenvalue weighted by Gasteiger charge is 2.34. The maximum absolute atomic E-state index is 15.0. The number of hydrogen-bond donors (Lipinski definition) is 13. The van der Waals surface area contributed by atoms with Gasteiger partial charge in [-0.15, -0.1) is 0 Å². The molecule has 2 unspecified atom stereocenters. The van der Waals surface area contributed by atoms with Crippen LogP contribution in [0, 0.1) is 39.3 Å². The Kier molecular flexibility index (Phi) is 25.5. The molecule has 16 aromatic rings. The van der Waals surface area contributed by atoms with Crippen LogP contribution in [0.1, 0.15) is 69.0 Å². The minimum absolute atomic E-state index is 0.0177. The van der Waals surface area contributed by atoms with Gasteiger partial charge in [-0.1, -0.05) is 37.4 Å². The summed E-state index contributed by atoms with van der Waals surface area (Å²) in [6, 6.07) is 40.9. The highest BCUT2D eigenvalue weighted by atomic mass is 19.1. The Morgan fingerprint density at radius 3 is 1.11 bits per heavy atom. The largest absolute Gasteiger partial charge is 0.399 e. The molecule has 6 aliphatic rings. The number of aromatic nitrogens is 16. The van der Waals surface area contributed by atoms with Gasteiger partial charge in [0.15, 0.2) is 23.3 Å². The van der Waals surface area contributed by atoms with Crippen molar-refractivity contribution in [2.75, 3.05) is 115 Å². The van der Waals surface area contributed by atoms with E-state index in [-0.39, 0.29) is 73.5 Å². The van der Waals surface area contributed by atoms with Crippen molar-refractivity contribution < 1.29 is 37.4 Å². The lowest BCUT2D eigenvalue weighted by Crippen LogP contribution is -2.42. The van der Waals surface area contributed by atoms with Crippen LogP contribution in [0.5, 0.6) is 0 Å². The van der Waals surface area contributed by atoms with Gasteiger partial charge in [-0.3, -0.25) is 37.9 Å². The molecule has 2 fully saturated rings. The highest BCUT2D eigenvalue weighted by Crippen LogP contribution is 2.40. The molecule has 6 aliphatic heterocycles. The summed E-state index contributed by atoms with van der Waals surface area (Å²) in [5, 5.41) is 40.2. The van der Waals surface area contributed by atoms with Crippen molar-refractivity contribution in [1.29, 1.82) is 0 Å². The van der Waals surface area contributed by atoms with E-state index in [9.17, 15) is 23.6 Å². The number of nitrogen functional groups attached to an aromatic ring is 6. The first-order valence-corrected chi connectivity index (χ1v) is 46.0. The van der Waals surface area contributed by atoms with Gasteiger partial charge in [0, 0.05) is 211 Å². The maximum Gasteiger partial charge on any atom is 0.244 e. The molecule has 12 aromatic heterocycles. The molecular weight excluding hydrogens is 1800 g/mol. The number of ether oxygens (including phenoxy) is 2. The van der Waals surface area contributed by atoms with Crippen molar-refractivity contribution in [3.8, 4) is 45.0 Å². The van der Waals surface area contributed by atoms with Crippen LogP contribution >= 0.6 is 0 Å². The summed E-state index contributed by atoms with van der Waals surface area (Å²) in [6.45, 7) is 20.9. The van der Waals surface area contributed by atoms with E-state index < -0.39 is 11.6 Å². The summed E-state index contributed by atoms with van der Waals surface area (Å²) in [5.41, 5.74) is 63.8. The number of carbonyl (C=O) groups excluding carboxylic acids is 4. The minimum Gasteiger partial charge on any atom is -0.399 e. The number of halogens is 2. The van der Waals surface area contributed by atoms with Gasteiger partial charge in [0.1, 0.15) is 84.4 Å². The number of nitrogens with one attached hydrogen (secondary N) is 5. The van der Waals surface area contributed by atoms with E-state index in [1.165, 1.54) is 12.1 Å². The second-order valence-corrected chi connectivity index (χ2v) is 35.7. The number of rotatable bonds is 16. The van der Waals surface area contributed by atoms with Crippen LogP contribution in [0.4, 0.5) is 90.0 Å². The van der Waals surface area contributed by atoms with E-state index in [1.54, 1.807) is 99.6 Å². The molecule has 22 rings (SSSR count). The average Bonchev–Trinajstić information content (AvgIpc) is 1.53. The maximum atomic E-state index is 15.0. The summed E-state index contributed by atoms with van der Waals surface area (Å²) in [4.78, 5) is 91.1. The number of benzene rings is 4. The molecule has 2 saturated heterocycles. The summed E-state index contributed by atoms with van der Waals surface area (Å²) in [5.74, 6) is 5.32. The van der Waals surface area contributed by atoms with Gasteiger partial charge >= 0.3 is 0 Å². The van der Waals surface area contributed by atoms with Gasteiger partial charge < -0.3 is 96.6 Å². The van der Waals surface area contributed by atoms with Gasteiger partial charge in [-0.25, -0.2) is 48.7 Å². The molecule has 40 heteroatoms. The number of hydrogen-bond acceptors (Lipinski definition) is 30. The molecule has 0 radical (unpaired) electrons. The number of nitrogens with zero attached hydrogens (tertiary/aromatic N) is 19. The summed E-state index contributed by atoms with van der Waals surface area (Å²) in [7, 11) is 1.79. The number of carbonyl (C=O) groups is 4. The monoisotopic (exact) mass is 1900 g/mol. The van der Waals surface area contributed by atoms with Crippen molar-refractivity contribution in [3.05, 3.63) is 239 Å². The number of amides is 4. The summed E-state index contributed by atoms with van der Waals surface area (Å²) >= 11 is 0. The van der Waals surface area contributed by atoms with Crippen LogP contribution in [0.25, 0.3) is 99.5 Å². The molecule has 21 N–H and O–H groups in total. The minimum atomic E-state index is -0.455. The Balaban J connectivity index is 0.000000120. The first kappa shape index (κ1) is 92.8. The van der Waals surface area contributed by atoms with Gasteiger partial charge in [-0.05, 0) is 180 Å². The van der Waals surface area contributed by atoms with Crippen LogP contribution in [0.15, 0.2) is 171 Å². The molecule has 0 saturated carbocycles. The molecule has 18 heterocycles. The lowest BCUT2D eigenvalue weighted by molar-refractivity contribution is -0.134. The fourth-order valence-corrected chi connectivity index (χ4v) is 18.5. The first-order valence-electron chi connectivity index (χ1n) is 46.0. The van der Waals surface area contributed by atoms with E-state index >= 15 is 4.39 Å². The number of aryl methyl sites for hydroxylation is 2. The molecule has 4 aromatic carbocycles. The fourth-order valence-electron chi connectivity index (χ4n) is 18.5. The van der Waals surface area contributed by atoms with E-state index in [0.717, 1.165) is 121 Å². The molecule has 718 valence electrons. The smallest absolute Gasteiger partial charge is 0.244 e. The van der Waals surface area contributed by atoms with Gasteiger partial charge in [0.2, 0.25) is 23.6 Å². The number of fused-ring (bicyclic) bond motifs is 8. The van der Waals surface area contributed by atoms with Gasteiger partial charge in [0.25, 0.3) is 0 Å². The quantitative estimate of drug-likeness (QED) is 0.0400. The van der Waals surface area contributed by atoms with E-state index in [1.807, 2.05) is 115 Å². The van der Waals surface area contributed by atoms with Crippen molar-refractivity contribution in [1.82, 2.24) is 99.0 Å². The van der Waals surface area contributed by atoms with Gasteiger partial charge in [0.05, 0.1) is 48.1 Å². The van der Waals surface area contributed by atoms with E-state index in [2.05, 4.69) is 100 Å². The fraction of sp³-hybridized carbons (Fsp3) is 0.248. The Hall–Kier alpha value is -17.3. The number of pyridine rings is 8. The second-order valence-electron chi connectivity index (χ2n) is 35.7. The molecule has 4 amide bonds. The molecule has 0 bridgehead atoms. The zero-order valence-electron chi connectivity index (χ0n) is 78.1. The number of likely N-dealkylation sites (N-methyl/N-ethyl adjacent to an activating group) is 1. The molecule has 2 atom stereocenters. The van der Waals surface area contributed by atoms with Crippen molar-refractivity contribution in [2.45, 2.75) is 104 Å². The predicted octanol–water partition coefficient (Wildman–Crippen LogP) is 11.8. The SMILES string of the molecule is C=C(N)c1cc(C)c(-c2cc3cc(Nc4cc5n(n4)CC(=O)N(C)CC5)ncc3c(N)n2)c(F)c1.C=C(N)c1cc(C)c(-c2cc3cc(Nc4cc5n(n4)CC(=O)NCC5)ncc3c(N)n2)c(F)c1.Cc1c(N)cccc1-c1cc2cc(Nc3cc4n(n3)CC(=O)N(C3CCOC3)CC4)ncc2c(N)n1.Cc1c(N)cccc1-c1cc2cc(Nc3cc4n(n3)CC(=O)N(C3CCOC3)CC4)ncc2c(N)n1. The zero-order chi connectivity index (χ0) is 98.5. The Morgan fingerprint density at radius 2 is 0.759 bits per heavy atom. The van der Waals surface area contributed by atoms with Crippen LogP contribution in [0.2, 0.25) is 0 Å². The Bertz CT molecular complexity index is 7460. The third-order valence-corrected chi connectivity index (χ3v) is 26.1. The molecule has 0 spiro atoms. The van der Waals surface area contributed by atoms with E-state index in [4.69, 9.17) is 55.3 Å². The molecule has 141 heavy (non-hydrogen) atoms. The van der Waals surface area contributed by atoms with Crippen molar-refractivity contribution in [3.63, 3.8) is 0 Å².